The molecule has 35 heavy (non-hydrogen) atoms. The van der Waals surface area contributed by atoms with Crippen molar-refractivity contribution in [1.29, 1.82) is 0 Å². The Morgan fingerprint density at radius 1 is 1.03 bits per heavy atom. The number of fused-ring (bicyclic) bond motifs is 2. The van der Waals surface area contributed by atoms with Crippen LogP contribution < -0.4 is 10.6 Å². The SMILES string of the molecule is Cc1nc2c(F)cc(-c3nc(Nc4ccc5c(ccn5C5CNC5)n4)ncc3F)cc2n1C(C)C. The second kappa shape index (κ2) is 8.09. The lowest BCUT2D eigenvalue weighted by atomic mass is 10.1. The van der Waals surface area contributed by atoms with E-state index in [0.717, 1.165) is 30.3 Å². The summed E-state index contributed by atoms with van der Waals surface area (Å²) in [5.41, 5.74) is 3.06. The predicted octanol–water partition coefficient (Wildman–Crippen LogP) is 4.90. The summed E-state index contributed by atoms with van der Waals surface area (Å²) in [6, 6.07) is 9.28. The van der Waals surface area contributed by atoms with Gasteiger partial charge in [0.15, 0.2) is 11.6 Å². The van der Waals surface area contributed by atoms with Gasteiger partial charge in [-0.05, 0) is 51.1 Å². The Morgan fingerprint density at radius 3 is 2.60 bits per heavy atom. The Kier molecular flexibility index (Phi) is 4.99. The molecule has 5 heterocycles. The fourth-order valence-corrected chi connectivity index (χ4v) is 4.70. The van der Waals surface area contributed by atoms with Crippen LogP contribution in [-0.4, -0.2) is 42.2 Å². The number of hydrogen-bond acceptors (Lipinski definition) is 6. The third-order valence-electron chi connectivity index (χ3n) is 6.43. The van der Waals surface area contributed by atoms with Crippen LogP contribution in [0.3, 0.4) is 0 Å². The lowest BCUT2D eigenvalue weighted by Gasteiger charge is -2.29. The maximum atomic E-state index is 14.9. The monoisotopic (exact) mass is 474 g/mol. The molecular weight excluding hydrogens is 450 g/mol. The number of hydrogen-bond donors (Lipinski definition) is 2. The molecule has 0 saturated carbocycles. The highest BCUT2D eigenvalue weighted by molar-refractivity contribution is 5.83. The topological polar surface area (TPSA) is 85.5 Å². The minimum Gasteiger partial charge on any atom is -0.341 e. The van der Waals surface area contributed by atoms with E-state index in [9.17, 15) is 8.78 Å². The molecule has 178 valence electrons. The smallest absolute Gasteiger partial charge is 0.229 e. The summed E-state index contributed by atoms with van der Waals surface area (Å²) in [5, 5.41) is 6.33. The minimum absolute atomic E-state index is 0.00201. The molecule has 6 rings (SSSR count). The third-order valence-corrected chi connectivity index (χ3v) is 6.43. The Labute approximate surface area is 200 Å². The van der Waals surface area contributed by atoms with Crippen LogP contribution in [-0.2, 0) is 0 Å². The Hall–Kier alpha value is -3.92. The first kappa shape index (κ1) is 21.6. The van der Waals surface area contributed by atoms with Gasteiger partial charge in [-0.15, -0.1) is 0 Å². The maximum Gasteiger partial charge on any atom is 0.229 e. The van der Waals surface area contributed by atoms with E-state index >= 15 is 0 Å². The van der Waals surface area contributed by atoms with Crippen molar-refractivity contribution in [1.82, 2.24) is 34.4 Å². The normalized spacial score (nSPS) is 14.2. The van der Waals surface area contributed by atoms with Crippen LogP contribution in [0.4, 0.5) is 20.5 Å². The van der Waals surface area contributed by atoms with Gasteiger partial charge in [0.1, 0.15) is 22.9 Å². The molecule has 10 heteroatoms. The lowest BCUT2D eigenvalue weighted by molar-refractivity contribution is 0.352. The molecule has 0 atom stereocenters. The van der Waals surface area contributed by atoms with Crippen molar-refractivity contribution in [3.8, 4) is 11.3 Å². The van der Waals surface area contributed by atoms with Crippen LogP contribution in [0.5, 0.6) is 0 Å². The van der Waals surface area contributed by atoms with Crippen LogP contribution in [0.2, 0.25) is 0 Å². The number of nitrogens with one attached hydrogen (secondary N) is 2. The molecule has 1 aliphatic heterocycles. The van der Waals surface area contributed by atoms with E-state index in [1.54, 1.807) is 6.07 Å². The highest BCUT2D eigenvalue weighted by atomic mass is 19.1. The molecule has 1 fully saturated rings. The highest BCUT2D eigenvalue weighted by Gasteiger charge is 2.21. The zero-order valence-electron chi connectivity index (χ0n) is 19.5. The van der Waals surface area contributed by atoms with Gasteiger partial charge in [0, 0.05) is 30.9 Å². The number of imidazole rings is 1. The molecule has 0 bridgehead atoms. The van der Waals surface area contributed by atoms with Crippen LogP contribution in [0.25, 0.3) is 33.3 Å². The van der Waals surface area contributed by atoms with Gasteiger partial charge < -0.3 is 19.8 Å². The van der Waals surface area contributed by atoms with Gasteiger partial charge >= 0.3 is 0 Å². The molecule has 0 amide bonds. The molecule has 0 aliphatic carbocycles. The first-order chi connectivity index (χ1) is 16.9. The number of aryl methyl sites for hydroxylation is 1. The maximum absolute atomic E-state index is 14.9. The van der Waals surface area contributed by atoms with Gasteiger partial charge in [0.25, 0.3) is 0 Å². The van der Waals surface area contributed by atoms with Crippen molar-refractivity contribution in [3.63, 3.8) is 0 Å². The van der Waals surface area contributed by atoms with E-state index in [1.165, 1.54) is 6.07 Å². The number of benzene rings is 1. The van der Waals surface area contributed by atoms with Crippen LogP contribution in [0, 0.1) is 18.6 Å². The molecule has 8 nitrogen and oxygen atoms in total. The summed E-state index contributed by atoms with van der Waals surface area (Å²) in [6.07, 6.45) is 3.12. The third kappa shape index (κ3) is 3.61. The van der Waals surface area contributed by atoms with Crippen LogP contribution in [0.1, 0.15) is 31.8 Å². The molecule has 1 aliphatic rings. The molecular formula is C25H24F2N8. The quantitative estimate of drug-likeness (QED) is 0.377. The van der Waals surface area contributed by atoms with Crippen molar-refractivity contribution in [2.75, 3.05) is 18.4 Å². The van der Waals surface area contributed by atoms with E-state index in [2.05, 4.69) is 35.1 Å². The van der Waals surface area contributed by atoms with Gasteiger partial charge in [-0.25, -0.2) is 28.7 Å². The zero-order chi connectivity index (χ0) is 24.3. The summed E-state index contributed by atoms with van der Waals surface area (Å²) < 4.78 is 33.9. The molecule has 5 aromatic rings. The van der Waals surface area contributed by atoms with Crippen molar-refractivity contribution in [3.05, 3.63) is 60.2 Å². The predicted molar refractivity (Wildman–Crippen MR) is 131 cm³/mol. The fourth-order valence-electron chi connectivity index (χ4n) is 4.70. The van der Waals surface area contributed by atoms with E-state index < -0.39 is 11.6 Å². The largest absolute Gasteiger partial charge is 0.341 e. The van der Waals surface area contributed by atoms with Gasteiger partial charge in [0.05, 0.1) is 28.8 Å². The second-order valence-corrected chi connectivity index (χ2v) is 9.10. The molecule has 2 N–H and O–H groups in total. The Morgan fingerprint density at radius 2 is 1.86 bits per heavy atom. The number of aromatic nitrogens is 6. The van der Waals surface area contributed by atoms with Crippen molar-refractivity contribution >= 4 is 33.8 Å². The van der Waals surface area contributed by atoms with Crippen molar-refractivity contribution in [2.45, 2.75) is 32.9 Å². The van der Waals surface area contributed by atoms with Crippen molar-refractivity contribution < 1.29 is 8.78 Å². The van der Waals surface area contributed by atoms with E-state index in [1.807, 2.05) is 49.7 Å². The molecule has 0 radical (unpaired) electrons. The molecule has 0 spiro atoms. The van der Waals surface area contributed by atoms with Gasteiger partial charge in [-0.2, -0.15) is 0 Å². The lowest BCUT2D eigenvalue weighted by Crippen LogP contribution is -2.43. The summed E-state index contributed by atoms with van der Waals surface area (Å²) in [4.78, 5) is 17.4. The van der Waals surface area contributed by atoms with Crippen LogP contribution >= 0.6 is 0 Å². The Bertz CT molecular complexity index is 1580. The van der Waals surface area contributed by atoms with Crippen molar-refractivity contribution in [2.24, 2.45) is 0 Å². The standard InChI is InChI=1S/C25H24F2N8/c1-13(2)35-14(3)30-24-17(26)8-15(9-21(24)35)23-18(27)12-29-25(33-23)32-22-5-4-20-19(31-22)6-7-34(20)16-10-28-11-16/h4-9,12-13,16,28H,10-11H2,1-3H3,(H,29,31,32,33). The average molecular weight is 475 g/mol. The molecule has 0 unspecified atom stereocenters. The number of anilines is 2. The summed E-state index contributed by atoms with van der Waals surface area (Å²) in [5.74, 6) is 0.238. The first-order valence-corrected chi connectivity index (χ1v) is 11.6. The van der Waals surface area contributed by atoms with Gasteiger partial charge in [-0.1, -0.05) is 0 Å². The number of rotatable bonds is 5. The number of pyridine rings is 1. The summed E-state index contributed by atoms with van der Waals surface area (Å²) in [6.45, 7) is 7.70. The summed E-state index contributed by atoms with van der Waals surface area (Å²) in [7, 11) is 0. The van der Waals surface area contributed by atoms with E-state index in [0.29, 0.717) is 28.8 Å². The second-order valence-electron chi connectivity index (χ2n) is 9.10. The van der Waals surface area contributed by atoms with Crippen LogP contribution in [0.15, 0.2) is 42.7 Å². The first-order valence-electron chi connectivity index (χ1n) is 11.6. The van der Waals surface area contributed by atoms with Gasteiger partial charge in [0.2, 0.25) is 5.95 Å². The molecule has 4 aromatic heterocycles. The average Bonchev–Trinajstić information content (AvgIpc) is 3.34. The van der Waals surface area contributed by atoms with Gasteiger partial charge in [-0.3, -0.25) is 0 Å². The molecule has 1 aromatic carbocycles. The molecule has 1 saturated heterocycles. The zero-order valence-corrected chi connectivity index (χ0v) is 19.5. The fraction of sp³-hybridized carbons (Fsp3) is 0.280. The Balaban J connectivity index is 1.36. The highest BCUT2D eigenvalue weighted by Crippen LogP contribution is 2.31. The van der Waals surface area contributed by atoms with E-state index in [-0.39, 0.29) is 23.2 Å². The number of halogens is 2. The van der Waals surface area contributed by atoms with E-state index in [4.69, 9.17) is 0 Å². The minimum atomic E-state index is -0.642. The summed E-state index contributed by atoms with van der Waals surface area (Å²) >= 11 is 0. The number of nitrogens with zero attached hydrogens (tertiary/aromatic N) is 6.